The third-order valence-corrected chi connectivity index (χ3v) is 2.72. The summed E-state index contributed by atoms with van der Waals surface area (Å²) in [4.78, 5) is 15.3. The Morgan fingerprint density at radius 2 is 1.89 bits per heavy atom. The maximum Gasteiger partial charge on any atom is 0.256 e. The maximum atomic E-state index is 13.3. The number of nitrogens with zero attached hydrogens (tertiary/aromatic N) is 1. The van der Waals surface area contributed by atoms with Crippen LogP contribution in [0, 0.1) is 11.8 Å². The highest BCUT2D eigenvalue weighted by molar-refractivity contribution is 5.94. The average molecular weight is 262 g/mol. The van der Waals surface area contributed by atoms with Crippen LogP contribution >= 0.6 is 0 Å². The van der Waals surface area contributed by atoms with Crippen molar-refractivity contribution in [2.45, 2.75) is 13.0 Å². The van der Waals surface area contributed by atoms with Crippen LogP contribution < -0.4 is 5.32 Å². The molecule has 0 saturated carbocycles. The fourth-order valence-corrected chi connectivity index (χ4v) is 1.66. The Balaban J connectivity index is 2.11. The lowest BCUT2D eigenvalue weighted by atomic mass is 10.1. The van der Waals surface area contributed by atoms with Gasteiger partial charge in [-0.25, -0.2) is 9.37 Å². The first-order valence-electron chi connectivity index (χ1n) is 5.75. The largest absolute Gasteiger partial charge is 0.345 e. The minimum atomic E-state index is -0.814. The van der Waals surface area contributed by atoms with Crippen molar-refractivity contribution in [1.82, 2.24) is 10.3 Å². The molecule has 1 heterocycles. The summed E-state index contributed by atoms with van der Waals surface area (Å²) in [5.74, 6) is -1.71. The summed E-state index contributed by atoms with van der Waals surface area (Å²) in [7, 11) is 0. The van der Waals surface area contributed by atoms with Gasteiger partial charge in [0.1, 0.15) is 5.82 Å². The fraction of sp³-hybridized carbons (Fsp3) is 0.143. The highest BCUT2D eigenvalue weighted by atomic mass is 19.1. The topological polar surface area (TPSA) is 42.0 Å². The van der Waals surface area contributed by atoms with Crippen LogP contribution in [0.3, 0.4) is 0 Å². The van der Waals surface area contributed by atoms with E-state index in [1.165, 1.54) is 30.5 Å². The number of nitrogens with one attached hydrogen (secondary N) is 1. The molecule has 3 nitrogen and oxygen atoms in total. The van der Waals surface area contributed by atoms with E-state index in [1.807, 2.05) is 0 Å². The number of carbonyl (C=O) groups is 1. The van der Waals surface area contributed by atoms with E-state index in [2.05, 4.69) is 10.3 Å². The molecular formula is C14H12F2N2O. The van der Waals surface area contributed by atoms with Gasteiger partial charge in [-0.1, -0.05) is 12.1 Å². The molecule has 0 fully saturated rings. The fourth-order valence-electron chi connectivity index (χ4n) is 1.66. The van der Waals surface area contributed by atoms with Crippen LogP contribution in [0.5, 0.6) is 0 Å². The number of rotatable bonds is 3. The van der Waals surface area contributed by atoms with Crippen molar-refractivity contribution in [1.29, 1.82) is 0 Å². The van der Waals surface area contributed by atoms with Crippen LogP contribution in [0.15, 0.2) is 42.6 Å². The highest BCUT2D eigenvalue weighted by Gasteiger charge is 2.15. The van der Waals surface area contributed by atoms with Gasteiger partial charge in [-0.3, -0.25) is 4.79 Å². The maximum absolute atomic E-state index is 13.3. The van der Waals surface area contributed by atoms with Gasteiger partial charge >= 0.3 is 0 Å². The lowest BCUT2D eigenvalue weighted by Crippen LogP contribution is -2.27. The molecule has 0 bridgehead atoms. The SMILES string of the molecule is CC(NC(=O)c1cccnc1F)c1ccc(F)cc1. The molecule has 98 valence electrons. The molecule has 5 heteroatoms. The molecule has 1 unspecified atom stereocenters. The highest BCUT2D eigenvalue weighted by Crippen LogP contribution is 2.14. The summed E-state index contributed by atoms with van der Waals surface area (Å²) in [5, 5.41) is 2.63. The standard InChI is InChI=1S/C14H12F2N2O/c1-9(10-4-6-11(15)7-5-10)18-14(19)12-3-2-8-17-13(12)16/h2-9H,1H3,(H,18,19). The summed E-state index contributed by atoms with van der Waals surface area (Å²) in [6.07, 6.45) is 1.27. The molecule has 0 aliphatic rings. The molecule has 1 N–H and O–H groups in total. The Morgan fingerprint density at radius 1 is 1.21 bits per heavy atom. The lowest BCUT2D eigenvalue weighted by molar-refractivity contribution is 0.0935. The van der Waals surface area contributed by atoms with Crippen molar-refractivity contribution in [3.8, 4) is 0 Å². The molecular weight excluding hydrogens is 250 g/mol. The minimum absolute atomic E-state index is 0.114. The molecule has 1 aromatic heterocycles. The summed E-state index contributed by atoms with van der Waals surface area (Å²) in [5.41, 5.74) is 0.621. The van der Waals surface area contributed by atoms with Gasteiger partial charge in [-0.05, 0) is 36.8 Å². The quantitative estimate of drug-likeness (QED) is 0.864. The molecule has 19 heavy (non-hydrogen) atoms. The van der Waals surface area contributed by atoms with Crippen molar-refractivity contribution in [2.75, 3.05) is 0 Å². The van der Waals surface area contributed by atoms with E-state index < -0.39 is 11.9 Å². The van der Waals surface area contributed by atoms with Gasteiger partial charge in [-0.15, -0.1) is 0 Å². The van der Waals surface area contributed by atoms with E-state index in [0.717, 1.165) is 5.56 Å². The summed E-state index contributed by atoms with van der Waals surface area (Å²) < 4.78 is 26.1. The number of benzene rings is 1. The van der Waals surface area contributed by atoms with Crippen molar-refractivity contribution >= 4 is 5.91 Å². The number of pyridine rings is 1. The molecule has 0 spiro atoms. The van der Waals surface area contributed by atoms with Gasteiger partial charge in [0, 0.05) is 6.20 Å². The van der Waals surface area contributed by atoms with E-state index in [4.69, 9.17) is 0 Å². The molecule has 0 aliphatic heterocycles. The van der Waals surface area contributed by atoms with E-state index in [1.54, 1.807) is 19.1 Å². The Bertz CT molecular complexity index is 584. The molecule has 2 rings (SSSR count). The van der Waals surface area contributed by atoms with Gasteiger partial charge in [-0.2, -0.15) is 4.39 Å². The van der Waals surface area contributed by atoms with E-state index in [-0.39, 0.29) is 17.4 Å². The molecule has 0 radical (unpaired) electrons. The zero-order valence-electron chi connectivity index (χ0n) is 10.2. The van der Waals surface area contributed by atoms with Crippen molar-refractivity contribution in [3.63, 3.8) is 0 Å². The zero-order chi connectivity index (χ0) is 13.8. The molecule has 1 amide bonds. The Labute approximate surface area is 109 Å². The Kier molecular flexibility index (Phi) is 3.85. The number of aromatic nitrogens is 1. The second-order valence-corrected chi connectivity index (χ2v) is 4.09. The summed E-state index contributed by atoms with van der Waals surface area (Å²) in [6.45, 7) is 1.74. The second kappa shape index (κ2) is 5.56. The van der Waals surface area contributed by atoms with Gasteiger partial charge < -0.3 is 5.32 Å². The summed E-state index contributed by atoms with van der Waals surface area (Å²) >= 11 is 0. The van der Waals surface area contributed by atoms with Crippen LogP contribution in [-0.2, 0) is 0 Å². The lowest BCUT2D eigenvalue weighted by Gasteiger charge is -2.14. The van der Waals surface area contributed by atoms with Crippen molar-refractivity contribution in [3.05, 3.63) is 65.5 Å². The van der Waals surface area contributed by atoms with Crippen LogP contribution in [0.4, 0.5) is 8.78 Å². The van der Waals surface area contributed by atoms with Crippen LogP contribution in [-0.4, -0.2) is 10.9 Å². The zero-order valence-corrected chi connectivity index (χ0v) is 10.2. The Hall–Kier alpha value is -2.30. The molecule has 1 atom stereocenters. The Morgan fingerprint density at radius 3 is 2.53 bits per heavy atom. The first-order valence-corrected chi connectivity index (χ1v) is 5.75. The first-order chi connectivity index (χ1) is 9.08. The van der Waals surface area contributed by atoms with Gasteiger partial charge in [0.05, 0.1) is 11.6 Å². The number of hydrogen-bond donors (Lipinski definition) is 1. The van der Waals surface area contributed by atoms with E-state index in [0.29, 0.717) is 0 Å². The normalized spacial score (nSPS) is 11.9. The third kappa shape index (κ3) is 3.13. The predicted octanol–water partition coefficient (Wildman–Crippen LogP) is 2.85. The number of carbonyl (C=O) groups excluding carboxylic acids is 1. The smallest absolute Gasteiger partial charge is 0.256 e. The number of hydrogen-bond acceptors (Lipinski definition) is 2. The second-order valence-electron chi connectivity index (χ2n) is 4.09. The molecule has 1 aromatic carbocycles. The molecule has 0 saturated heterocycles. The summed E-state index contributed by atoms with van der Waals surface area (Å²) in [6, 6.07) is 8.24. The first kappa shape index (κ1) is 13.1. The van der Waals surface area contributed by atoms with Crippen LogP contribution in [0.25, 0.3) is 0 Å². The van der Waals surface area contributed by atoms with Crippen LogP contribution in [0.2, 0.25) is 0 Å². The van der Waals surface area contributed by atoms with E-state index >= 15 is 0 Å². The van der Waals surface area contributed by atoms with Crippen LogP contribution in [0.1, 0.15) is 28.9 Å². The third-order valence-electron chi connectivity index (χ3n) is 2.72. The average Bonchev–Trinajstić information content (AvgIpc) is 2.39. The minimum Gasteiger partial charge on any atom is -0.345 e. The number of amides is 1. The van der Waals surface area contributed by atoms with Gasteiger partial charge in [0.25, 0.3) is 5.91 Å². The monoisotopic (exact) mass is 262 g/mol. The number of halogens is 2. The van der Waals surface area contributed by atoms with E-state index in [9.17, 15) is 13.6 Å². The molecule has 0 aliphatic carbocycles. The van der Waals surface area contributed by atoms with Gasteiger partial charge in [0.2, 0.25) is 5.95 Å². The van der Waals surface area contributed by atoms with Gasteiger partial charge in [0.15, 0.2) is 0 Å². The van der Waals surface area contributed by atoms with Crippen molar-refractivity contribution < 1.29 is 13.6 Å². The van der Waals surface area contributed by atoms with Crippen molar-refractivity contribution in [2.24, 2.45) is 0 Å². The predicted molar refractivity (Wildman–Crippen MR) is 66.5 cm³/mol. The molecule has 2 aromatic rings.